The first-order valence-electron chi connectivity index (χ1n) is 10.7. The second-order valence-electron chi connectivity index (χ2n) is 9.33. The van der Waals surface area contributed by atoms with Crippen LogP contribution in [0, 0.1) is 23.2 Å². The molecule has 5 nitrogen and oxygen atoms in total. The number of piperazine rings is 1. The van der Waals surface area contributed by atoms with Crippen LogP contribution in [0.5, 0.6) is 0 Å². The molecule has 0 atom stereocenters. The van der Waals surface area contributed by atoms with Crippen molar-refractivity contribution in [2.45, 2.75) is 38.5 Å². The fraction of sp³-hybridized carbons (Fsp3) is 0.762. The molecule has 1 aliphatic heterocycles. The molecule has 1 aromatic rings. The zero-order valence-electron chi connectivity index (χ0n) is 16.1. The number of nitrogens with one attached hydrogen (secondary N) is 1. The first-order valence-corrected chi connectivity index (χ1v) is 11.1. The Morgan fingerprint density at radius 2 is 1.59 bits per heavy atom. The van der Waals surface area contributed by atoms with E-state index in [4.69, 9.17) is 12.2 Å². The van der Waals surface area contributed by atoms with Crippen LogP contribution in [0.3, 0.4) is 0 Å². The average molecular weight is 386 g/mol. The van der Waals surface area contributed by atoms with E-state index in [1.165, 1.54) is 43.5 Å². The highest BCUT2D eigenvalue weighted by molar-refractivity contribution is 7.80. The lowest BCUT2D eigenvalue weighted by molar-refractivity contribution is -0.0127. The molecule has 1 N–H and O–H groups in total. The zero-order valence-corrected chi connectivity index (χ0v) is 17.0. The first kappa shape index (κ1) is 17.8. The van der Waals surface area contributed by atoms with Crippen LogP contribution >= 0.6 is 12.2 Å². The van der Waals surface area contributed by atoms with Gasteiger partial charge in [0, 0.05) is 57.1 Å². The molecule has 1 aromatic heterocycles. The summed E-state index contributed by atoms with van der Waals surface area (Å²) >= 11 is 5.94. The number of hydrogen-bond donors (Lipinski definition) is 1. The van der Waals surface area contributed by atoms with Gasteiger partial charge in [-0.3, -0.25) is 4.90 Å². The minimum atomic E-state index is 0.355. The molecule has 4 saturated carbocycles. The van der Waals surface area contributed by atoms with E-state index < -0.39 is 0 Å². The normalized spacial score (nSPS) is 35.4. The number of thiocarbonyl (C=S) groups is 1. The largest absolute Gasteiger partial charge is 0.378 e. The van der Waals surface area contributed by atoms with Crippen LogP contribution in [0.2, 0.25) is 0 Å². The molecule has 146 valence electrons. The van der Waals surface area contributed by atoms with Crippen molar-refractivity contribution in [3.8, 4) is 0 Å². The van der Waals surface area contributed by atoms with Crippen LogP contribution in [-0.2, 0) is 0 Å². The standard InChI is InChI=1S/C21H31N5S/c27-19(21-13-16-10-17(14-21)12-18(11-16)15-21)22-4-5-25-6-8-26(9-7-25)20-23-2-1-3-24-20/h1-3,16-18H,4-15H2,(H,22,27). The van der Waals surface area contributed by atoms with E-state index in [9.17, 15) is 0 Å². The van der Waals surface area contributed by atoms with Crippen molar-refractivity contribution in [3.05, 3.63) is 18.5 Å². The van der Waals surface area contributed by atoms with E-state index in [1.807, 2.05) is 18.5 Å². The Morgan fingerprint density at radius 3 is 2.19 bits per heavy atom. The molecule has 0 spiro atoms. The summed E-state index contributed by atoms with van der Waals surface area (Å²) in [6, 6.07) is 1.87. The minimum Gasteiger partial charge on any atom is -0.378 e. The van der Waals surface area contributed by atoms with Gasteiger partial charge in [0.25, 0.3) is 0 Å². The molecule has 6 rings (SSSR count). The van der Waals surface area contributed by atoms with Crippen molar-refractivity contribution in [3.63, 3.8) is 0 Å². The Balaban J connectivity index is 1.08. The Bertz CT molecular complexity index is 635. The molecule has 0 unspecified atom stereocenters. The van der Waals surface area contributed by atoms with Gasteiger partial charge in [0.05, 0.1) is 4.99 Å². The number of rotatable bonds is 5. The summed E-state index contributed by atoms with van der Waals surface area (Å²) in [7, 11) is 0. The summed E-state index contributed by atoms with van der Waals surface area (Å²) in [6.07, 6.45) is 12.2. The lowest BCUT2D eigenvalue weighted by Gasteiger charge is -2.57. The molecule has 5 fully saturated rings. The highest BCUT2D eigenvalue weighted by atomic mass is 32.1. The van der Waals surface area contributed by atoms with Crippen molar-refractivity contribution in [2.24, 2.45) is 23.2 Å². The van der Waals surface area contributed by atoms with E-state index in [0.29, 0.717) is 5.41 Å². The summed E-state index contributed by atoms with van der Waals surface area (Å²) in [5.41, 5.74) is 0.355. The molecular formula is C21H31N5S. The molecule has 27 heavy (non-hydrogen) atoms. The van der Waals surface area contributed by atoms with Gasteiger partial charge in [0.1, 0.15) is 0 Å². The van der Waals surface area contributed by atoms with E-state index in [-0.39, 0.29) is 0 Å². The van der Waals surface area contributed by atoms with Gasteiger partial charge in [-0.1, -0.05) is 12.2 Å². The van der Waals surface area contributed by atoms with Gasteiger partial charge < -0.3 is 10.2 Å². The van der Waals surface area contributed by atoms with Crippen molar-refractivity contribution in [1.29, 1.82) is 0 Å². The van der Waals surface area contributed by atoms with Crippen LogP contribution in [0.25, 0.3) is 0 Å². The predicted octanol–water partition coefficient (Wildman–Crippen LogP) is 2.73. The SMILES string of the molecule is S=C(NCCN1CCN(c2ncccn2)CC1)C12CC3CC(CC(C3)C1)C2. The average Bonchev–Trinajstić information content (AvgIpc) is 2.68. The smallest absolute Gasteiger partial charge is 0.225 e. The van der Waals surface area contributed by atoms with Crippen molar-refractivity contribution in [1.82, 2.24) is 20.2 Å². The third-order valence-electron chi connectivity index (χ3n) is 7.44. The Morgan fingerprint density at radius 1 is 1.00 bits per heavy atom. The molecular weight excluding hydrogens is 354 g/mol. The van der Waals surface area contributed by atoms with E-state index in [1.54, 1.807) is 0 Å². The lowest BCUT2D eigenvalue weighted by Crippen LogP contribution is -2.54. The molecule has 4 aliphatic carbocycles. The maximum absolute atomic E-state index is 5.94. The molecule has 1 saturated heterocycles. The second-order valence-corrected chi connectivity index (χ2v) is 9.74. The van der Waals surface area contributed by atoms with Crippen molar-refractivity contribution >= 4 is 23.2 Å². The number of hydrogen-bond acceptors (Lipinski definition) is 5. The van der Waals surface area contributed by atoms with Gasteiger partial charge in [-0.2, -0.15) is 0 Å². The monoisotopic (exact) mass is 385 g/mol. The third kappa shape index (κ3) is 3.58. The number of anilines is 1. The topological polar surface area (TPSA) is 44.3 Å². The summed E-state index contributed by atoms with van der Waals surface area (Å²) in [6.45, 7) is 6.22. The van der Waals surface area contributed by atoms with E-state index >= 15 is 0 Å². The Kier molecular flexibility index (Phi) is 4.80. The molecule has 6 heteroatoms. The third-order valence-corrected chi connectivity index (χ3v) is 8.02. The van der Waals surface area contributed by atoms with Crippen LogP contribution in [-0.4, -0.2) is 59.1 Å². The van der Waals surface area contributed by atoms with Gasteiger partial charge in [-0.25, -0.2) is 9.97 Å². The van der Waals surface area contributed by atoms with Crippen LogP contribution in [0.4, 0.5) is 5.95 Å². The fourth-order valence-electron chi connectivity index (χ4n) is 6.53. The quantitative estimate of drug-likeness (QED) is 0.787. The number of aromatic nitrogens is 2. The second kappa shape index (κ2) is 7.28. The lowest BCUT2D eigenvalue weighted by atomic mass is 9.49. The Hall–Kier alpha value is -1.27. The Labute approximate surface area is 167 Å². The molecule has 0 radical (unpaired) electrons. The summed E-state index contributed by atoms with van der Waals surface area (Å²) in [4.78, 5) is 14.7. The zero-order chi connectivity index (χ0) is 18.3. The fourth-order valence-corrected chi connectivity index (χ4v) is 6.88. The summed E-state index contributed by atoms with van der Waals surface area (Å²) < 4.78 is 0. The molecule has 0 aromatic carbocycles. The maximum Gasteiger partial charge on any atom is 0.225 e. The van der Waals surface area contributed by atoms with E-state index in [0.717, 1.165) is 63.0 Å². The van der Waals surface area contributed by atoms with Crippen LogP contribution in [0.1, 0.15) is 38.5 Å². The summed E-state index contributed by atoms with van der Waals surface area (Å²) in [5, 5.41) is 3.68. The highest BCUT2D eigenvalue weighted by Crippen LogP contribution is 2.60. The number of nitrogens with zero attached hydrogens (tertiary/aromatic N) is 4. The highest BCUT2D eigenvalue weighted by Gasteiger charge is 2.52. The first-order chi connectivity index (χ1) is 13.2. The van der Waals surface area contributed by atoms with Gasteiger partial charge >= 0.3 is 0 Å². The van der Waals surface area contributed by atoms with Crippen LogP contribution < -0.4 is 10.2 Å². The predicted molar refractivity (Wildman–Crippen MR) is 112 cm³/mol. The van der Waals surface area contributed by atoms with Gasteiger partial charge in [0.2, 0.25) is 5.95 Å². The maximum atomic E-state index is 5.94. The van der Waals surface area contributed by atoms with Crippen LogP contribution in [0.15, 0.2) is 18.5 Å². The molecule has 0 amide bonds. The van der Waals surface area contributed by atoms with Gasteiger partial charge in [-0.05, 0) is 62.3 Å². The minimum absolute atomic E-state index is 0.355. The molecule has 2 heterocycles. The molecule has 5 aliphatic rings. The van der Waals surface area contributed by atoms with Gasteiger partial charge in [-0.15, -0.1) is 0 Å². The summed E-state index contributed by atoms with van der Waals surface area (Å²) in [5.74, 6) is 3.75. The van der Waals surface area contributed by atoms with Crippen molar-refractivity contribution < 1.29 is 0 Å². The van der Waals surface area contributed by atoms with E-state index in [2.05, 4.69) is 25.1 Å². The van der Waals surface area contributed by atoms with Crippen molar-refractivity contribution in [2.75, 3.05) is 44.2 Å². The van der Waals surface area contributed by atoms with Gasteiger partial charge in [0.15, 0.2) is 0 Å². The molecule has 4 bridgehead atoms.